The van der Waals surface area contributed by atoms with Crippen LogP contribution in [0.1, 0.15) is 45.9 Å². The number of hydrogen-bond acceptors (Lipinski definition) is 7. The van der Waals surface area contributed by atoms with Crippen molar-refractivity contribution in [1.82, 2.24) is 15.0 Å². The molecule has 40 heavy (non-hydrogen) atoms. The lowest BCUT2D eigenvalue weighted by molar-refractivity contribution is -0.122. The Labute approximate surface area is 241 Å². The second-order valence-corrected chi connectivity index (χ2v) is 10.1. The molecule has 4 heterocycles. The SMILES string of the molecule is Cc1[nH]c(C(N)=O)cc1Cl.Cc1sc(N2CCCCC2)nc1-c1ncccc1F.O=CO.OCc1ccccc1. The fourth-order valence-electron chi connectivity index (χ4n) is 3.63. The summed E-state index contributed by atoms with van der Waals surface area (Å²) < 4.78 is 13.8. The number of pyridine rings is 1. The molecule has 0 radical (unpaired) electrons. The highest BCUT2D eigenvalue weighted by Crippen LogP contribution is 2.33. The zero-order chi connectivity index (χ0) is 29.5. The molecule has 1 amide bonds. The van der Waals surface area contributed by atoms with Gasteiger partial charge in [0.2, 0.25) is 0 Å². The van der Waals surface area contributed by atoms with Gasteiger partial charge >= 0.3 is 0 Å². The van der Waals surface area contributed by atoms with Crippen molar-refractivity contribution in [2.75, 3.05) is 18.0 Å². The van der Waals surface area contributed by atoms with Gasteiger partial charge in [0, 0.05) is 29.9 Å². The van der Waals surface area contributed by atoms with Gasteiger partial charge in [-0.15, -0.1) is 11.3 Å². The number of aromatic nitrogens is 3. The Morgan fingerprint density at radius 2 is 1.80 bits per heavy atom. The van der Waals surface area contributed by atoms with E-state index in [1.165, 1.54) is 31.4 Å². The zero-order valence-electron chi connectivity index (χ0n) is 22.3. The fourth-order valence-corrected chi connectivity index (χ4v) is 4.75. The maximum absolute atomic E-state index is 13.8. The number of carbonyl (C=O) groups excluding carboxylic acids is 1. The van der Waals surface area contributed by atoms with E-state index >= 15 is 0 Å². The van der Waals surface area contributed by atoms with E-state index in [0.717, 1.165) is 34.4 Å². The highest BCUT2D eigenvalue weighted by atomic mass is 35.5. The standard InChI is InChI=1S/C14H16FN3S.C7H8O.C6H7ClN2O.CH2O2/c1-10-12(13-11(15)6-5-7-16-13)17-14(19-10)18-8-3-2-4-9-18;8-6-7-4-2-1-3-5-7;1-3-4(7)2-5(9-3)6(8)10;2-1-3/h5-7H,2-4,8-9H2,1H3;1-5,8H,6H2;2,9H,1H3,(H2,8,10);1H,(H,2,3). The van der Waals surface area contributed by atoms with E-state index in [-0.39, 0.29) is 18.9 Å². The molecule has 1 aromatic carbocycles. The van der Waals surface area contributed by atoms with Crippen LogP contribution in [0.5, 0.6) is 0 Å². The van der Waals surface area contributed by atoms with E-state index in [2.05, 4.69) is 19.9 Å². The number of halogens is 2. The first-order chi connectivity index (χ1) is 19.2. The number of nitrogens with one attached hydrogen (secondary N) is 1. The van der Waals surface area contributed by atoms with Crippen molar-refractivity contribution in [3.63, 3.8) is 0 Å². The summed E-state index contributed by atoms with van der Waals surface area (Å²) in [6.45, 7) is 5.75. The van der Waals surface area contributed by atoms with Crippen molar-refractivity contribution in [3.8, 4) is 11.4 Å². The largest absolute Gasteiger partial charge is 0.483 e. The van der Waals surface area contributed by atoms with E-state index in [0.29, 0.717) is 22.1 Å². The number of aromatic amines is 1. The fraction of sp³-hybridized carbons (Fsp3) is 0.286. The number of thiazole rings is 1. The number of nitrogens with two attached hydrogens (primary N) is 1. The Balaban J connectivity index is 0.000000224. The normalized spacial score (nSPS) is 12.1. The molecule has 3 aromatic heterocycles. The molecule has 0 unspecified atom stereocenters. The quantitative estimate of drug-likeness (QED) is 0.227. The van der Waals surface area contributed by atoms with E-state index in [4.69, 9.17) is 32.3 Å². The van der Waals surface area contributed by atoms with E-state index in [1.54, 1.807) is 30.5 Å². The van der Waals surface area contributed by atoms with Crippen molar-refractivity contribution >= 4 is 40.4 Å². The third kappa shape index (κ3) is 10.1. The Bertz CT molecular complexity index is 1320. The summed E-state index contributed by atoms with van der Waals surface area (Å²) in [6, 6.07) is 14.1. The number of nitrogens with zero attached hydrogens (tertiary/aromatic N) is 3. The van der Waals surface area contributed by atoms with Gasteiger partial charge < -0.3 is 25.8 Å². The molecule has 0 bridgehead atoms. The molecule has 12 heteroatoms. The maximum atomic E-state index is 13.8. The smallest absolute Gasteiger partial charge is 0.290 e. The summed E-state index contributed by atoms with van der Waals surface area (Å²) in [4.78, 5) is 33.6. The number of anilines is 1. The van der Waals surface area contributed by atoms with Gasteiger partial charge in [0.25, 0.3) is 12.4 Å². The average molecular weight is 590 g/mol. The van der Waals surface area contributed by atoms with E-state index in [9.17, 15) is 9.18 Å². The Hall–Kier alpha value is -3.80. The molecule has 1 aliphatic heterocycles. The predicted molar refractivity (Wildman–Crippen MR) is 156 cm³/mol. The minimum Gasteiger partial charge on any atom is -0.483 e. The van der Waals surface area contributed by atoms with Crippen LogP contribution in [0.2, 0.25) is 5.02 Å². The first kappa shape index (κ1) is 32.4. The number of H-pyrrole nitrogens is 1. The number of piperidine rings is 1. The Morgan fingerprint density at radius 1 is 1.15 bits per heavy atom. The number of aliphatic hydroxyl groups is 1. The number of aliphatic hydroxyl groups excluding tert-OH is 1. The van der Waals surface area contributed by atoms with Gasteiger partial charge in [-0.25, -0.2) is 9.37 Å². The van der Waals surface area contributed by atoms with E-state index < -0.39 is 5.91 Å². The highest BCUT2D eigenvalue weighted by molar-refractivity contribution is 7.16. The summed E-state index contributed by atoms with van der Waals surface area (Å²) in [5, 5.41) is 17.0. The molecule has 4 aromatic rings. The first-order valence-electron chi connectivity index (χ1n) is 12.4. The molecule has 1 aliphatic rings. The van der Waals surface area contributed by atoms with Gasteiger partial charge in [0.15, 0.2) is 10.9 Å². The Morgan fingerprint density at radius 3 is 2.27 bits per heavy atom. The molecular weight excluding hydrogens is 557 g/mol. The molecule has 0 spiro atoms. The number of amides is 1. The zero-order valence-corrected chi connectivity index (χ0v) is 23.9. The van der Waals surface area contributed by atoms with Crippen molar-refractivity contribution in [1.29, 1.82) is 0 Å². The highest BCUT2D eigenvalue weighted by Gasteiger charge is 2.19. The third-order valence-electron chi connectivity index (χ3n) is 5.64. The lowest BCUT2D eigenvalue weighted by Gasteiger charge is -2.25. The summed E-state index contributed by atoms with van der Waals surface area (Å²) in [5.41, 5.74) is 8.09. The lowest BCUT2D eigenvalue weighted by Crippen LogP contribution is -2.29. The number of primary amides is 1. The van der Waals surface area contributed by atoms with Crippen LogP contribution < -0.4 is 10.6 Å². The summed E-state index contributed by atoms with van der Waals surface area (Å²) >= 11 is 7.27. The molecule has 5 N–H and O–H groups in total. The van der Waals surface area contributed by atoms with Crippen LogP contribution in [0, 0.1) is 19.7 Å². The maximum Gasteiger partial charge on any atom is 0.290 e. The number of hydrogen-bond donors (Lipinski definition) is 4. The minimum absolute atomic E-state index is 0.140. The predicted octanol–water partition coefficient (Wildman–Crippen LogP) is 5.60. The molecule has 0 atom stereocenters. The van der Waals surface area contributed by atoms with Crippen LogP contribution in [0.3, 0.4) is 0 Å². The summed E-state index contributed by atoms with van der Waals surface area (Å²) in [6.07, 6.45) is 5.33. The third-order valence-corrected chi connectivity index (χ3v) is 7.06. The van der Waals surface area contributed by atoms with Gasteiger partial charge in [0.1, 0.15) is 17.1 Å². The number of carboxylic acid groups (broad SMARTS) is 1. The van der Waals surface area contributed by atoms with Gasteiger partial charge in [0.05, 0.1) is 11.6 Å². The summed E-state index contributed by atoms with van der Waals surface area (Å²) in [5.74, 6) is -0.795. The molecule has 9 nitrogen and oxygen atoms in total. The number of carbonyl (C=O) groups is 2. The van der Waals surface area contributed by atoms with Crippen LogP contribution in [-0.2, 0) is 11.4 Å². The second kappa shape index (κ2) is 17.0. The molecule has 214 valence electrons. The topological polar surface area (TPSA) is 145 Å². The first-order valence-corrected chi connectivity index (χ1v) is 13.6. The molecule has 1 fully saturated rings. The molecular formula is C28H33ClFN5O4S. The van der Waals surface area contributed by atoms with Gasteiger partial charge in [-0.2, -0.15) is 0 Å². The van der Waals surface area contributed by atoms with Crippen molar-refractivity contribution in [3.05, 3.63) is 87.4 Å². The van der Waals surface area contributed by atoms with Gasteiger partial charge in [-0.1, -0.05) is 41.9 Å². The van der Waals surface area contributed by atoms with Crippen LogP contribution in [0.25, 0.3) is 11.4 Å². The minimum atomic E-state index is -0.491. The van der Waals surface area contributed by atoms with Crippen LogP contribution >= 0.6 is 22.9 Å². The van der Waals surface area contributed by atoms with Gasteiger partial charge in [-0.05, 0) is 56.9 Å². The molecule has 0 saturated carbocycles. The lowest BCUT2D eigenvalue weighted by atomic mass is 10.1. The number of benzene rings is 1. The van der Waals surface area contributed by atoms with Crippen molar-refractivity contribution in [2.45, 2.75) is 39.7 Å². The van der Waals surface area contributed by atoms with Gasteiger partial charge in [-0.3, -0.25) is 14.6 Å². The molecule has 1 saturated heterocycles. The molecule has 0 aliphatic carbocycles. The summed E-state index contributed by atoms with van der Waals surface area (Å²) in [7, 11) is 0. The van der Waals surface area contributed by atoms with Crippen LogP contribution in [0.15, 0.2) is 54.7 Å². The average Bonchev–Trinajstić information content (AvgIpc) is 3.52. The number of aryl methyl sites for hydroxylation is 2. The molecule has 5 rings (SSSR count). The van der Waals surface area contributed by atoms with Crippen LogP contribution in [-0.4, -0.2) is 50.6 Å². The van der Waals surface area contributed by atoms with E-state index in [1.807, 2.05) is 37.3 Å². The number of rotatable bonds is 4. The van der Waals surface area contributed by atoms with Crippen molar-refractivity contribution in [2.24, 2.45) is 5.73 Å². The second-order valence-electron chi connectivity index (χ2n) is 8.55. The van der Waals surface area contributed by atoms with Crippen molar-refractivity contribution < 1.29 is 24.2 Å². The van der Waals surface area contributed by atoms with Crippen LogP contribution in [0.4, 0.5) is 9.52 Å². The monoisotopic (exact) mass is 589 g/mol. The Kier molecular flexibility index (Phi) is 13.8.